The van der Waals surface area contributed by atoms with Crippen molar-refractivity contribution in [2.75, 3.05) is 12.4 Å². The molecule has 1 N–H and O–H groups in total. The van der Waals surface area contributed by atoms with E-state index in [0.717, 1.165) is 5.75 Å². The van der Waals surface area contributed by atoms with E-state index in [9.17, 15) is 4.79 Å². The quantitative estimate of drug-likeness (QED) is 0.739. The third kappa shape index (κ3) is 3.73. The summed E-state index contributed by atoms with van der Waals surface area (Å²) < 4.78 is 11.0. The third-order valence-electron chi connectivity index (χ3n) is 3.46. The normalized spacial score (nSPS) is 10.0. The van der Waals surface area contributed by atoms with Crippen molar-refractivity contribution in [2.45, 2.75) is 0 Å². The van der Waals surface area contributed by atoms with Crippen LogP contribution in [0.3, 0.4) is 0 Å². The molecule has 0 aromatic heterocycles. The second-order valence-electron chi connectivity index (χ2n) is 5.09. The van der Waals surface area contributed by atoms with Gasteiger partial charge in [-0.05, 0) is 48.5 Å². The lowest BCUT2D eigenvalue weighted by molar-refractivity contribution is 0.102. The van der Waals surface area contributed by atoms with Gasteiger partial charge in [-0.2, -0.15) is 0 Å². The number of benzene rings is 3. The van der Waals surface area contributed by atoms with Crippen LogP contribution in [0, 0.1) is 0 Å². The van der Waals surface area contributed by atoms with Gasteiger partial charge in [0.2, 0.25) is 0 Å². The lowest BCUT2D eigenvalue weighted by atomic mass is 10.2. The number of amides is 1. The van der Waals surface area contributed by atoms with Gasteiger partial charge in [0.25, 0.3) is 5.91 Å². The highest BCUT2D eigenvalue weighted by Gasteiger charge is 2.10. The highest BCUT2D eigenvalue weighted by molar-refractivity contribution is 6.05. The van der Waals surface area contributed by atoms with Gasteiger partial charge in [-0.15, -0.1) is 0 Å². The van der Waals surface area contributed by atoms with Gasteiger partial charge in [0.15, 0.2) is 5.75 Å². The van der Waals surface area contributed by atoms with Crippen molar-refractivity contribution in [1.82, 2.24) is 0 Å². The maximum Gasteiger partial charge on any atom is 0.255 e. The van der Waals surface area contributed by atoms with Gasteiger partial charge in [0.05, 0.1) is 12.8 Å². The predicted octanol–water partition coefficient (Wildman–Crippen LogP) is 4.74. The van der Waals surface area contributed by atoms with E-state index >= 15 is 0 Å². The Kier molecular flexibility index (Phi) is 4.77. The Bertz CT molecular complexity index is 814. The average Bonchev–Trinajstić information content (AvgIpc) is 2.64. The molecular formula is C20H17NO3. The summed E-state index contributed by atoms with van der Waals surface area (Å²) in [7, 11) is 1.62. The van der Waals surface area contributed by atoms with E-state index in [0.29, 0.717) is 22.7 Å². The second kappa shape index (κ2) is 7.33. The van der Waals surface area contributed by atoms with Gasteiger partial charge >= 0.3 is 0 Å². The zero-order chi connectivity index (χ0) is 16.8. The highest BCUT2D eigenvalue weighted by Crippen LogP contribution is 2.30. The Morgan fingerprint density at radius 2 is 1.42 bits per heavy atom. The van der Waals surface area contributed by atoms with E-state index in [-0.39, 0.29) is 5.91 Å². The summed E-state index contributed by atoms with van der Waals surface area (Å²) in [5.74, 6) is 1.82. The first-order chi connectivity index (χ1) is 11.8. The molecule has 1 amide bonds. The van der Waals surface area contributed by atoms with E-state index in [1.165, 1.54) is 0 Å². The Labute approximate surface area is 140 Å². The summed E-state index contributed by atoms with van der Waals surface area (Å²) >= 11 is 0. The molecule has 3 aromatic rings. The molecule has 0 unspecified atom stereocenters. The molecule has 0 fully saturated rings. The number of nitrogens with one attached hydrogen (secondary N) is 1. The van der Waals surface area contributed by atoms with Crippen LogP contribution in [0.1, 0.15) is 10.4 Å². The molecule has 24 heavy (non-hydrogen) atoms. The summed E-state index contributed by atoms with van der Waals surface area (Å²) in [6, 6.07) is 23.7. The monoisotopic (exact) mass is 319 g/mol. The van der Waals surface area contributed by atoms with Gasteiger partial charge in [-0.1, -0.05) is 30.3 Å². The molecule has 0 aliphatic rings. The van der Waals surface area contributed by atoms with Crippen LogP contribution >= 0.6 is 0 Å². The smallest absolute Gasteiger partial charge is 0.255 e. The fraction of sp³-hybridized carbons (Fsp3) is 0.0500. The zero-order valence-corrected chi connectivity index (χ0v) is 13.2. The van der Waals surface area contributed by atoms with Gasteiger partial charge in [0, 0.05) is 5.56 Å². The van der Waals surface area contributed by atoms with Crippen LogP contribution in [0.4, 0.5) is 5.69 Å². The minimum absolute atomic E-state index is 0.179. The van der Waals surface area contributed by atoms with Crippen molar-refractivity contribution in [3.63, 3.8) is 0 Å². The summed E-state index contributed by atoms with van der Waals surface area (Å²) in [5.41, 5.74) is 1.21. The molecule has 0 heterocycles. The number of anilines is 1. The number of para-hydroxylation sites is 2. The minimum Gasteiger partial charge on any atom is -0.497 e. The number of rotatable bonds is 5. The maximum atomic E-state index is 12.3. The van der Waals surface area contributed by atoms with Crippen LogP contribution < -0.4 is 14.8 Å². The van der Waals surface area contributed by atoms with Crippen molar-refractivity contribution in [2.24, 2.45) is 0 Å². The molecule has 3 aromatic carbocycles. The number of carbonyl (C=O) groups excluding carboxylic acids is 1. The molecule has 4 heteroatoms. The molecular weight excluding hydrogens is 302 g/mol. The van der Waals surface area contributed by atoms with Crippen LogP contribution in [0.25, 0.3) is 0 Å². The molecule has 0 aliphatic heterocycles. The largest absolute Gasteiger partial charge is 0.497 e. The third-order valence-corrected chi connectivity index (χ3v) is 3.46. The molecule has 0 saturated heterocycles. The van der Waals surface area contributed by atoms with Gasteiger partial charge in [-0.25, -0.2) is 0 Å². The number of ether oxygens (including phenoxy) is 2. The van der Waals surface area contributed by atoms with Crippen LogP contribution in [0.5, 0.6) is 17.2 Å². The van der Waals surface area contributed by atoms with E-state index in [1.807, 2.05) is 60.7 Å². The number of methoxy groups -OCH3 is 1. The highest BCUT2D eigenvalue weighted by atomic mass is 16.5. The second-order valence-corrected chi connectivity index (χ2v) is 5.09. The number of hydrogen-bond acceptors (Lipinski definition) is 3. The van der Waals surface area contributed by atoms with Crippen LogP contribution in [0.2, 0.25) is 0 Å². The number of hydrogen-bond donors (Lipinski definition) is 1. The molecule has 0 aliphatic carbocycles. The minimum atomic E-state index is -0.179. The molecule has 0 radical (unpaired) electrons. The summed E-state index contributed by atoms with van der Waals surface area (Å²) in [4.78, 5) is 12.3. The first-order valence-electron chi connectivity index (χ1n) is 7.53. The van der Waals surface area contributed by atoms with Crippen molar-refractivity contribution in [1.29, 1.82) is 0 Å². The lowest BCUT2D eigenvalue weighted by Crippen LogP contribution is -2.12. The van der Waals surface area contributed by atoms with Crippen molar-refractivity contribution in [3.05, 3.63) is 84.4 Å². The van der Waals surface area contributed by atoms with Crippen molar-refractivity contribution in [3.8, 4) is 17.2 Å². The molecule has 0 bridgehead atoms. The van der Waals surface area contributed by atoms with Crippen LogP contribution in [0.15, 0.2) is 78.9 Å². The van der Waals surface area contributed by atoms with E-state index in [1.54, 1.807) is 25.3 Å². The molecule has 120 valence electrons. The molecule has 4 nitrogen and oxygen atoms in total. The molecule has 0 atom stereocenters. The van der Waals surface area contributed by atoms with Crippen LogP contribution in [-0.4, -0.2) is 13.0 Å². The summed E-state index contributed by atoms with van der Waals surface area (Å²) in [5, 5.41) is 2.88. The topological polar surface area (TPSA) is 47.6 Å². The Morgan fingerprint density at radius 1 is 0.792 bits per heavy atom. The molecule has 0 saturated carbocycles. The van der Waals surface area contributed by atoms with E-state index < -0.39 is 0 Å². The summed E-state index contributed by atoms with van der Waals surface area (Å²) in [6.45, 7) is 0. The number of carbonyl (C=O) groups is 1. The maximum absolute atomic E-state index is 12.3. The molecule has 3 rings (SSSR count). The van der Waals surface area contributed by atoms with Gasteiger partial charge < -0.3 is 14.8 Å². The lowest BCUT2D eigenvalue weighted by Gasteiger charge is -2.12. The van der Waals surface area contributed by atoms with E-state index in [4.69, 9.17) is 9.47 Å². The van der Waals surface area contributed by atoms with Gasteiger partial charge in [0.1, 0.15) is 11.5 Å². The van der Waals surface area contributed by atoms with Crippen molar-refractivity contribution < 1.29 is 14.3 Å². The first kappa shape index (κ1) is 15.6. The fourth-order valence-electron chi connectivity index (χ4n) is 2.21. The van der Waals surface area contributed by atoms with E-state index in [2.05, 4.69) is 5.32 Å². The Hall–Kier alpha value is -3.27. The predicted molar refractivity (Wildman–Crippen MR) is 93.9 cm³/mol. The fourth-order valence-corrected chi connectivity index (χ4v) is 2.21. The van der Waals surface area contributed by atoms with Crippen LogP contribution in [-0.2, 0) is 0 Å². The Balaban J connectivity index is 1.78. The average molecular weight is 319 g/mol. The SMILES string of the molecule is COc1ccc(Oc2ccccc2NC(=O)c2ccccc2)cc1. The zero-order valence-electron chi connectivity index (χ0n) is 13.2. The van der Waals surface area contributed by atoms with Gasteiger partial charge in [-0.3, -0.25) is 4.79 Å². The summed E-state index contributed by atoms with van der Waals surface area (Å²) in [6.07, 6.45) is 0. The Morgan fingerprint density at radius 3 is 2.12 bits per heavy atom. The van der Waals surface area contributed by atoms with Crippen molar-refractivity contribution >= 4 is 11.6 Å². The molecule has 0 spiro atoms. The standard InChI is InChI=1S/C20H17NO3/c1-23-16-11-13-17(14-12-16)24-19-10-6-5-9-18(19)21-20(22)15-7-3-2-4-8-15/h2-14H,1H3,(H,21,22). The first-order valence-corrected chi connectivity index (χ1v) is 7.53.